The van der Waals surface area contributed by atoms with Gasteiger partial charge in [0.1, 0.15) is 0 Å². The van der Waals surface area contributed by atoms with E-state index in [1.165, 1.54) is 23.4 Å². The highest BCUT2D eigenvalue weighted by Gasteiger charge is 2.28. The Hall–Kier alpha value is -2.36. The number of hydrogen-bond donors (Lipinski definition) is 0. The smallest absolute Gasteiger partial charge is 0.396 e. The van der Waals surface area contributed by atoms with Crippen molar-refractivity contribution in [3.8, 4) is 0 Å². The molecule has 0 aliphatic carbocycles. The molecule has 2 aromatic rings. The summed E-state index contributed by atoms with van der Waals surface area (Å²) in [6.07, 6.45) is 1.74. The Bertz CT molecular complexity index is 697. The van der Waals surface area contributed by atoms with Gasteiger partial charge in [0.25, 0.3) is 0 Å². The number of benzene rings is 2. The summed E-state index contributed by atoms with van der Waals surface area (Å²) in [5, 5.41) is 2.52. The van der Waals surface area contributed by atoms with Crippen LogP contribution in [0.2, 0.25) is 0 Å². The van der Waals surface area contributed by atoms with Crippen molar-refractivity contribution in [3.05, 3.63) is 48.0 Å². The van der Waals surface area contributed by atoms with Gasteiger partial charge in [-0.1, -0.05) is 42.5 Å². The second kappa shape index (κ2) is 6.18. The third kappa shape index (κ3) is 2.69. The number of amides is 1. The number of nitrogens with zero attached hydrogens (tertiary/aromatic N) is 1. The lowest BCUT2D eigenvalue weighted by Gasteiger charge is -2.32. The summed E-state index contributed by atoms with van der Waals surface area (Å²) in [6, 6.07) is 14.8. The van der Waals surface area contributed by atoms with Crippen molar-refractivity contribution in [1.29, 1.82) is 0 Å². The molecule has 2 aromatic carbocycles. The molecule has 1 fully saturated rings. The molecule has 0 atom stereocenters. The van der Waals surface area contributed by atoms with Crippen LogP contribution < -0.4 is 0 Å². The van der Waals surface area contributed by atoms with Gasteiger partial charge in [-0.25, -0.2) is 4.79 Å². The first kappa shape index (κ1) is 14.6. The first-order valence-electron chi connectivity index (χ1n) is 7.55. The summed E-state index contributed by atoms with van der Waals surface area (Å²) in [6.45, 7) is 1.20. The van der Waals surface area contributed by atoms with Gasteiger partial charge in [0.2, 0.25) is 0 Å². The summed E-state index contributed by atoms with van der Waals surface area (Å²) in [4.78, 5) is 24.8. The monoisotopic (exact) mass is 297 g/mol. The average molecular weight is 297 g/mol. The van der Waals surface area contributed by atoms with Crippen molar-refractivity contribution in [2.75, 3.05) is 20.2 Å². The quantitative estimate of drug-likeness (QED) is 0.600. The van der Waals surface area contributed by atoms with Crippen LogP contribution in [0.1, 0.15) is 24.3 Å². The molecule has 4 nitrogen and oxygen atoms in total. The van der Waals surface area contributed by atoms with Crippen LogP contribution in [0, 0.1) is 0 Å². The molecule has 0 spiro atoms. The highest BCUT2D eigenvalue weighted by atomic mass is 16.5. The molecule has 0 saturated carbocycles. The summed E-state index contributed by atoms with van der Waals surface area (Å²) in [5.74, 6) is -0.879. The molecule has 3 rings (SSSR count). The molecule has 0 bridgehead atoms. The molecular formula is C18H19NO3. The normalized spacial score (nSPS) is 15.8. The number of fused-ring (bicyclic) bond motifs is 1. The van der Waals surface area contributed by atoms with Gasteiger partial charge in [-0.05, 0) is 35.1 Å². The predicted octanol–water partition coefficient (Wildman–Crippen LogP) is 2.72. The average Bonchev–Trinajstić information content (AvgIpc) is 2.60. The maximum Gasteiger partial charge on any atom is 0.396 e. The van der Waals surface area contributed by atoms with E-state index in [4.69, 9.17) is 0 Å². The largest absolute Gasteiger partial charge is 0.462 e. The Labute approximate surface area is 129 Å². The topological polar surface area (TPSA) is 46.6 Å². The molecule has 1 aliphatic rings. The van der Waals surface area contributed by atoms with Crippen molar-refractivity contribution in [2.45, 2.75) is 18.8 Å². The summed E-state index contributed by atoms with van der Waals surface area (Å²) in [7, 11) is 1.24. The van der Waals surface area contributed by atoms with Gasteiger partial charge in [0.15, 0.2) is 0 Å². The SMILES string of the molecule is COC(=O)C(=O)N1CCC(c2cccc3ccccc23)CC1. The molecule has 114 valence electrons. The van der Waals surface area contributed by atoms with Crippen LogP contribution in [0.25, 0.3) is 10.8 Å². The molecular weight excluding hydrogens is 278 g/mol. The van der Waals surface area contributed by atoms with E-state index in [9.17, 15) is 9.59 Å². The molecule has 0 aromatic heterocycles. The number of hydrogen-bond acceptors (Lipinski definition) is 3. The molecule has 1 heterocycles. The Morgan fingerprint density at radius 1 is 1.05 bits per heavy atom. The zero-order valence-corrected chi connectivity index (χ0v) is 12.6. The van der Waals surface area contributed by atoms with Gasteiger partial charge in [0, 0.05) is 13.1 Å². The fraction of sp³-hybridized carbons (Fsp3) is 0.333. The Balaban J connectivity index is 1.76. The summed E-state index contributed by atoms with van der Waals surface area (Å²) in [5.41, 5.74) is 1.34. The fourth-order valence-electron chi connectivity index (χ4n) is 3.22. The molecule has 1 aliphatic heterocycles. The maximum absolute atomic E-state index is 11.8. The molecule has 0 radical (unpaired) electrons. The van der Waals surface area contributed by atoms with E-state index in [-0.39, 0.29) is 0 Å². The molecule has 1 amide bonds. The summed E-state index contributed by atoms with van der Waals surface area (Å²) >= 11 is 0. The molecule has 4 heteroatoms. The van der Waals surface area contributed by atoms with Crippen LogP contribution in [-0.4, -0.2) is 37.0 Å². The number of carbonyl (C=O) groups excluding carboxylic acids is 2. The minimum Gasteiger partial charge on any atom is -0.462 e. The van der Waals surface area contributed by atoms with Gasteiger partial charge in [-0.2, -0.15) is 0 Å². The van der Waals surface area contributed by atoms with Crippen LogP contribution in [0.5, 0.6) is 0 Å². The highest BCUT2D eigenvalue weighted by molar-refractivity contribution is 6.32. The molecule has 0 unspecified atom stereocenters. The number of likely N-dealkylation sites (tertiary alicyclic amines) is 1. The van der Waals surface area contributed by atoms with Crippen molar-refractivity contribution in [3.63, 3.8) is 0 Å². The lowest BCUT2D eigenvalue weighted by molar-refractivity contribution is -0.158. The van der Waals surface area contributed by atoms with E-state index in [0.29, 0.717) is 19.0 Å². The number of carbonyl (C=O) groups is 2. The predicted molar refractivity (Wildman–Crippen MR) is 84.5 cm³/mol. The van der Waals surface area contributed by atoms with Gasteiger partial charge in [-0.15, -0.1) is 0 Å². The zero-order chi connectivity index (χ0) is 15.5. The second-order valence-electron chi connectivity index (χ2n) is 5.63. The molecule has 0 N–H and O–H groups in total. The lowest BCUT2D eigenvalue weighted by Crippen LogP contribution is -2.42. The standard InChI is InChI=1S/C18H19NO3/c1-22-18(21)17(20)19-11-9-14(10-12-19)16-8-4-6-13-5-2-3-7-15(13)16/h2-8,14H,9-12H2,1H3. The number of piperidine rings is 1. The number of rotatable bonds is 1. The number of methoxy groups -OCH3 is 1. The number of ether oxygens (including phenoxy) is 1. The minimum absolute atomic E-state index is 0.424. The van der Waals surface area contributed by atoms with Crippen LogP contribution in [0.3, 0.4) is 0 Å². The van der Waals surface area contributed by atoms with Crippen molar-refractivity contribution < 1.29 is 14.3 Å². The van der Waals surface area contributed by atoms with E-state index in [1.54, 1.807) is 4.90 Å². The molecule has 1 saturated heterocycles. The Kier molecular flexibility index (Phi) is 4.09. The minimum atomic E-state index is -0.774. The fourth-order valence-corrected chi connectivity index (χ4v) is 3.22. The van der Waals surface area contributed by atoms with E-state index in [2.05, 4.69) is 41.1 Å². The molecule has 22 heavy (non-hydrogen) atoms. The first-order chi connectivity index (χ1) is 10.7. The van der Waals surface area contributed by atoms with Crippen molar-refractivity contribution >= 4 is 22.6 Å². The van der Waals surface area contributed by atoms with E-state index in [0.717, 1.165) is 12.8 Å². The van der Waals surface area contributed by atoms with Crippen LogP contribution in [0.4, 0.5) is 0 Å². The lowest BCUT2D eigenvalue weighted by atomic mass is 9.86. The van der Waals surface area contributed by atoms with Crippen LogP contribution in [0.15, 0.2) is 42.5 Å². The van der Waals surface area contributed by atoms with E-state index in [1.807, 2.05) is 6.07 Å². The third-order valence-electron chi connectivity index (χ3n) is 4.41. The third-order valence-corrected chi connectivity index (χ3v) is 4.41. The van der Waals surface area contributed by atoms with Gasteiger partial charge < -0.3 is 9.64 Å². The van der Waals surface area contributed by atoms with Gasteiger partial charge >= 0.3 is 11.9 Å². The van der Waals surface area contributed by atoms with Crippen molar-refractivity contribution in [1.82, 2.24) is 4.90 Å². The first-order valence-corrected chi connectivity index (χ1v) is 7.55. The van der Waals surface area contributed by atoms with Crippen LogP contribution in [-0.2, 0) is 14.3 Å². The van der Waals surface area contributed by atoms with Crippen molar-refractivity contribution in [2.24, 2.45) is 0 Å². The van der Waals surface area contributed by atoms with Gasteiger partial charge in [-0.3, -0.25) is 4.79 Å². The maximum atomic E-state index is 11.8. The Morgan fingerprint density at radius 2 is 1.73 bits per heavy atom. The number of esters is 1. The second-order valence-corrected chi connectivity index (χ2v) is 5.63. The van der Waals surface area contributed by atoms with Crippen LogP contribution >= 0.6 is 0 Å². The van der Waals surface area contributed by atoms with E-state index < -0.39 is 11.9 Å². The Morgan fingerprint density at radius 3 is 2.45 bits per heavy atom. The summed E-state index contributed by atoms with van der Waals surface area (Å²) < 4.78 is 4.50. The van der Waals surface area contributed by atoms with E-state index >= 15 is 0 Å². The highest BCUT2D eigenvalue weighted by Crippen LogP contribution is 2.33. The zero-order valence-electron chi connectivity index (χ0n) is 12.6. The van der Waals surface area contributed by atoms with Gasteiger partial charge in [0.05, 0.1) is 7.11 Å².